The minimum Gasteiger partial charge on any atom is -0.351 e. The largest absolute Gasteiger partial charge is 0.351 e. The number of carbonyl (C=O) groups is 2. The lowest BCUT2D eigenvalue weighted by Gasteiger charge is -2.31. The fraction of sp³-hybridized carbons (Fsp3) is 0.273. The van der Waals surface area contributed by atoms with E-state index in [0.717, 1.165) is 37.2 Å². The lowest BCUT2D eigenvalue weighted by atomic mass is 10.0. The molecule has 8 heteroatoms. The second kappa shape index (κ2) is 9.13. The molecule has 2 amide bonds. The van der Waals surface area contributed by atoms with Crippen molar-refractivity contribution in [2.45, 2.75) is 37.8 Å². The highest BCUT2D eigenvalue weighted by molar-refractivity contribution is 7.03. The monoisotopic (exact) mass is 424 g/mol. The predicted molar refractivity (Wildman–Crippen MR) is 113 cm³/mol. The molecule has 3 aromatic rings. The van der Waals surface area contributed by atoms with E-state index in [-0.39, 0.29) is 17.6 Å². The standard InChI is InChI=1S/C22H21FN4O2S/c23-16-10-12-18(13-11-16)27(22(29)19-14-30-26-25-19)20(15-6-2-1-3-7-15)21(28)24-17-8-4-5-9-17/h1-3,6-7,10-14,17,20H,4-5,8-9H2,(H,24,28). The molecule has 6 nitrogen and oxygen atoms in total. The number of benzene rings is 2. The summed E-state index contributed by atoms with van der Waals surface area (Å²) in [5, 5.41) is 8.53. The topological polar surface area (TPSA) is 75.2 Å². The number of nitrogens with zero attached hydrogens (tertiary/aromatic N) is 3. The predicted octanol–water partition coefficient (Wildman–Crippen LogP) is 4.12. The van der Waals surface area contributed by atoms with Gasteiger partial charge >= 0.3 is 0 Å². The number of anilines is 1. The molecule has 1 fully saturated rings. The molecule has 1 aromatic heterocycles. The van der Waals surface area contributed by atoms with E-state index in [0.29, 0.717) is 11.3 Å². The normalized spacial score (nSPS) is 15.0. The quantitative estimate of drug-likeness (QED) is 0.646. The molecule has 154 valence electrons. The van der Waals surface area contributed by atoms with Gasteiger partial charge in [0.05, 0.1) is 0 Å². The third-order valence-electron chi connectivity index (χ3n) is 5.23. The van der Waals surface area contributed by atoms with Gasteiger partial charge in [0.25, 0.3) is 5.91 Å². The molecule has 1 atom stereocenters. The Balaban J connectivity index is 1.78. The Bertz CT molecular complexity index is 990. The molecule has 0 saturated heterocycles. The van der Waals surface area contributed by atoms with Gasteiger partial charge in [-0.2, -0.15) is 0 Å². The maximum absolute atomic E-state index is 13.6. The van der Waals surface area contributed by atoms with Crippen LogP contribution in [0.3, 0.4) is 0 Å². The number of hydrogen-bond donors (Lipinski definition) is 1. The van der Waals surface area contributed by atoms with Crippen LogP contribution in [0.2, 0.25) is 0 Å². The van der Waals surface area contributed by atoms with Crippen molar-refractivity contribution >= 4 is 29.0 Å². The van der Waals surface area contributed by atoms with Crippen LogP contribution in [0.4, 0.5) is 10.1 Å². The molecule has 1 aliphatic carbocycles. The Labute approximate surface area is 177 Å². The van der Waals surface area contributed by atoms with E-state index in [1.165, 1.54) is 34.5 Å². The number of rotatable bonds is 6. The maximum atomic E-state index is 13.6. The number of carbonyl (C=O) groups excluding carboxylic acids is 2. The van der Waals surface area contributed by atoms with Crippen LogP contribution in [0.5, 0.6) is 0 Å². The Hall–Kier alpha value is -3.13. The number of hydrogen-bond acceptors (Lipinski definition) is 5. The molecule has 2 aromatic carbocycles. The van der Waals surface area contributed by atoms with Crippen molar-refractivity contribution in [2.75, 3.05) is 4.90 Å². The van der Waals surface area contributed by atoms with Gasteiger partial charge in [-0.3, -0.25) is 14.5 Å². The summed E-state index contributed by atoms with van der Waals surface area (Å²) in [6.45, 7) is 0. The first-order chi connectivity index (χ1) is 14.6. The van der Waals surface area contributed by atoms with E-state index in [4.69, 9.17) is 0 Å². The average Bonchev–Trinajstić information content (AvgIpc) is 3.47. The zero-order valence-corrected chi connectivity index (χ0v) is 17.0. The number of halogens is 1. The van der Waals surface area contributed by atoms with Gasteiger partial charge in [-0.1, -0.05) is 47.7 Å². The van der Waals surface area contributed by atoms with Gasteiger partial charge < -0.3 is 5.32 Å². The van der Waals surface area contributed by atoms with Gasteiger partial charge in [0, 0.05) is 17.1 Å². The van der Waals surface area contributed by atoms with Crippen LogP contribution < -0.4 is 10.2 Å². The second-order valence-corrected chi connectivity index (χ2v) is 7.85. The Kier molecular flexibility index (Phi) is 6.13. The Morgan fingerprint density at radius 2 is 1.77 bits per heavy atom. The van der Waals surface area contributed by atoms with E-state index in [1.54, 1.807) is 0 Å². The molecule has 1 heterocycles. The molecule has 30 heavy (non-hydrogen) atoms. The molecule has 4 rings (SSSR count). The molecule has 1 saturated carbocycles. The highest BCUT2D eigenvalue weighted by Crippen LogP contribution is 2.30. The van der Waals surface area contributed by atoms with Gasteiger partial charge in [-0.05, 0) is 54.2 Å². The molecule has 0 spiro atoms. The first kappa shape index (κ1) is 20.2. The van der Waals surface area contributed by atoms with Crippen LogP contribution in [0.1, 0.15) is 47.8 Å². The zero-order valence-electron chi connectivity index (χ0n) is 16.2. The molecule has 1 N–H and O–H groups in total. The molecular formula is C22H21FN4O2S. The number of nitrogens with one attached hydrogen (secondary N) is 1. The number of amides is 2. The van der Waals surface area contributed by atoms with Crippen LogP contribution in [0.25, 0.3) is 0 Å². The van der Waals surface area contributed by atoms with Gasteiger partial charge in [0.15, 0.2) is 5.69 Å². The lowest BCUT2D eigenvalue weighted by molar-refractivity contribution is -0.123. The van der Waals surface area contributed by atoms with Gasteiger partial charge in [-0.25, -0.2) is 4.39 Å². The summed E-state index contributed by atoms with van der Waals surface area (Å²) in [6, 6.07) is 13.8. The van der Waals surface area contributed by atoms with Crippen molar-refractivity contribution in [1.29, 1.82) is 0 Å². The number of aromatic nitrogens is 2. The van der Waals surface area contributed by atoms with Crippen LogP contribution in [0, 0.1) is 5.82 Å². The van der Waals surface area contributed by atoms with Gasteiger partial charge in [0.2, 0.25) is 5.91 Å². The average molecular weight is 425 g/mol. The molecule has 1 aliphatic rings. The van der Waals surface area contributed by atoms with Crippen LogP contribution >= 0.6 is 11.5 Å². The lowest BCUT2D eigenvalue weighted by Crippen LogP contribution is -2.46. The highest BCUT2D eigenvalue weighted by Gasteiger charge is 2.35. The van der Waals surface area contributed by atoms with Crippen molar-refractivity contribution in [1.82, 2.24) is 14.9 Å². The first-order valence-electron chi connectivity index (χ1n) is 9.85. The van der Waals surface area contributed by atoms with Crippen molar-refractivity contribution < 1.29 is 14.0 Å². The first-order valence-corrected chi connectivity index (χ1v) is 10.7. The van der Waals surface area contributed by atoms with Crippen LogP contribution in [-0.4, -0.2) is 27.4 Å². The van der Waals surface area contributed by atoms with Crippen LogP contribution in [0.15, 0.2) is 60.0 Å². The fourth-order valence-corrected chi connectivity index (χ4v) is 4.20. The zero-order chi connectivity index (χ0) is 20.9. The SMILES string of the molecule is O=C(NC1CCCC1)C(c1ccccc1)N(C(=O)c1csnn1)c1ccc(F)cc1. The minimum absolute atomic E-state index is 0.0924. The molecule has 1 unspecified atom stereocenters. The van der Waals surface area contributed by atoms with E-state index in [1.807, 2.05) is 30.3 Å². The van der Waals surface area contributed by atoms with E-state index in [2.05, 4.69) is 14.9 Å². The molecule has 0 aliphatic heterocycles. The summed E-state index contributed by atoms with van der Waals surface area (Å²) in [6.07, 6.45) is 4.00. The molecular weight excluding hydrogens is 403 g/mol. The van der Waals surface area contributed by atoms with E-state index >= 15 is 0 Å². The van der Waals surface area contributed by atoms with Crippen molar-refractivity contribution in [3.63, 3.8) is 0 Å². The summed E-state index contributed by atoms with van der Waals surface area (Å²) in [5.74, 6) is -1.16. The minimum atomic E-state index is -0.925. The maximum Gasteiger partial charge on any atom is 0.280 e. The van der Waals surface area contributed by atoms with Gasteiger partial charge in [0.1, 0.15) is 11.9 Å². The summed E-state index contributed by atoms with van der Waals surface area (Å²) < 4.78 is 17.4. The van der Waals surface area contributed by atoms with E-state index < -0.39 is 17.8 Å². The third kappa shape index (κ3) is 4.38. The van der Waals surface area contributed by atoms with Crippen molar-refractivity contribution in [2.24, 2.45) is 0 Å². The van der Waals surface area contributed by atoms with E-state index in [9.17, 15) is 14.0 Å². The smallest absolute Gasteiger partial charge is 0.280 e. The van der Waals surface area contributed by atoms with Gasteiger partial charge in [-0.15, -0.1) is 5.10 Å². The van der Waals surface area contributed by atoms with Crippen molar-refractivity contribution in [3.05, 3.63) is 77.1 Å². The second-order valence-electron chi connectivity index (χ2n) is 7.24. The van der Waals surface area contributed by atoms with Crippen molar-refractivity contribution in [3.8, 4) is 0 Å². The summed E-state index contributed by atoms with van der Waals surface area (Å²) >= 11 is 1.06. The fourth-order valence-electron chi connectivity index (χ4n) is 3.77. The third-order valence-corrected chi connectivity index (χ3v) is 5.73. The Morgan fingerprint density at radius 3 is 2.40 bits per heavy atom. The van der Waals surface area contributed by atoms with Crippen LogP contribution in [-0.2, 0) is 4.79 Å². The molecule has 0 radical (unpaired) electrons. The molecule has 0 bridgehead atoms. The Morgan fingerprint density at radius 1 is 1.07 bits per heavy atom. The summed E-state index contributed by atoms with van der Waals surface area (Å²) in [5.41, 5.74) is 1.21. The summed E-state index contributed by atoms with van der Waals surface area (Å²) in [7, 11) is 0. The summed E-state index contributed by atoms with van der Waals surface area (Å²) in [4.78, 5) is 28.2. The highest BCUT2D eigenvalue weighted by atomic mass is 32.1.